The van der Waals surface area contributed by atoms with Crippen LogP contribution < -0.4 is 0 Å². The molecule has 2 rings (SSSR count). The molecule has 1 heterocycles. The van der Waals surface area contributed by atoms with Gasteiger partial charge in [-0.3, -0.25) is 0 Å². The van der Waals surface area contributed by atoms with Crippen molar-refractivity contribution in [2.75, 3.05) is 0 Å². The summed E-state index contributed by atoms with van der Waals surface area (Å²) < 4.78 is 2.00. The number of hydrogen-bond acceptors (Lipinski definition) is 1. The molecule has 1 aromatic heterocycles. The predicted octanol–water partition coefficient (Wildman–Crippen LogP) is 4.97. The van der Waals surface area contributed by atoms with E-state index in [-0.39, 0.29) is 0 Å². The molecular weight excluding hydrogens is 279 g/mol. The first-order chi connectivity index (χ1) is 5.68. The highest BCUT2D eigenvalue weighted by Gasteiger charge is 2.04. The van der Waals surface area contributed by atoms with Gasteiger partial charge in [0.15, 0.2) is 0 Å². The van der Waals surface area contributed by atoms with Crippen LogP contribution >= 0.6 is 50.5 Å². The van der Waals surface area contributed by atoms with Gasteiger partial charge in [-0.25, -0.2) is 0 Å². The lowest BCUT2D eigenvalue weighted by atomic mass is 10.3. The Morgan fingerprint density at radius 2 is 1.92 bits per heavy atom. The van der Waals surface area contributed by atoms with Gasteiger partial charge >= 0.3 is 0 Å². The summed E-state index contributed by atoms with van der Waals surface area (Å²) >= 11 is 16.8. The van der Waals surface area contributed by atoms with Gasteiger partial charge in [-0.2, -0.15) is 0 Å². The Morgan fingerprint density at radius 3 is 2.67 bits per heavy atom. The first-order valence-corrected chi connectivity index (χ1v) is 5.63. The van der Waals surface area contributed by atoms with E-state index >= 15 is 0 Å². The summed E-state index contributed by atoms with van der Waals surface area (Å²) in [7, 11) is 0. The van der Waals surface area contributed by atoms with E-state index in [1.54, 1.807) is 11.3 Å². The molecule has 0 aliphatic carbocycles. The van der Waals surface area contributed by atoms with Crippen LogP contribution in [0.15, 0.2) is 22.0 Å². The van der Waals surface area contributed by atoms with Crippen molar-refractivity contribution in [3.63, 3.8) is 0 Å². The first kappa shape index (κ1) is 8.82. The monoisotopic (exact) mass is 280 g/mol. The van der Waals surface area contributed by atoms with Crippen LogP contribution in [0.2, 0.25) is 10.0 Å². The highest BCUT2D eigenvalue weighted by atomic mass is 79.9. The Labute approximate surface area is 92.2 Å². The molecule has 0 aliphatic heterocycles. The van der Waals surface area contributed by atoms with Gasteiger partial charge in [-0.1, -0.05) is 23.2 Å². The van der Waals surface area contributed by atoms with Crippen molar-refractivity contribution in [2.45, 2.75) is 0 Å². The van der Waals surface area contributed by atoms with Gasteiger partial charge in [0.1, 0.15) is 0 Å². The molecule has 0 N–H and O–H groups in total. The zero-order chi connectivity index (χ0) is 8.72. The maximum Gasteiger partial charge on any atom is 0.0592 e. The lowest BCUT2D eigenvalue weighted by Gasteiger charge is -1.95. The number of benzene rings is 1. The molecule has 0 radical (unpaired) electrons. The highest BCUT2D eigenvalue weighted by molar-refractivity contribution is 9.10. The largest absolute Gasteiger partial charge is 0.142 e. The molecule has 0 nitrogen and oxygen atoms in total. The molecule has 4 heteroatoms. The SMILES string of the molecule is Clc1cc2scc(Cl)c2cc1Br. The minimum Gasteiger partial charge on any atom is -0.142 e. The minimum absolute atomic E-state index is 0.723. The summed E-state index contributed by atoms with van der Waals surface area (Å²) in [6.07, 6.45) is 0. The average Bonchev–Trinajstić information content (AvgIpc) is 2.35. The number of hydrogen-bond donors (Lipinski definition) is 0. The summed E-state index contributed by atoms with van der Waals surface area (Å²) in [6.45, 7) is 0. The van der Waals surface area contributed by atoms with E-state index in [0.717, 1.165) is 24.6 Å². The van der Waals surface area contributed by atoms with E-state index in [1.165, 1.54) is 0 Å². The first-order valence-electron chi connectivity index (χ1n) is 3.20. The molecule has 0 atom stereocenters. The fourth-order valence-corrected chi connectivity index (χ4v) is 2.75. The zero-order valence-corrected chi connectivity index (χ0v) is 9.69. The number of rotatable bonds is 0. The summed E-state index contributed by atoms with van der Waals surface area (Å²) in [4.78, 5) is 0. The molecule has 0 aliphatic rings. The molecule has 0 unspecified atom stereocenters. The Bertz CT molecular complexity index is 436. The van der Waals surface area contributed by atoms with Crippen molar-refractivity contribution in [2.24, 2.45) is 0 Å². The average molecular weight is 282 g/mol. The van der Waals surface area contributed by atoms with Crippen LogP contribution in [-0.4, -0.2) is 0 Å². The third-order valence-electron chi connectivity index (χ3n) is 1.57. The lowest BCUT2D eigenvalue weighted by molar-refractivity contribution is 1.76. The van der Waals surface area contributed by atoms with Gasteiger partial charge in [0, 0.05) is 19.9 Å². The smallest absolute Gasteiger partial charge is 0.0592 e. The Balaban J connectivity index is 2.87. The zero-order valence-electron chi connectivity index (χ0n) is 5.77. The van der Waals surface area contributed by atoms with Crippen molar-refractivity contribution in [3.05, 3.63) is 32.0 Å². The van der Waals surface area contributed by atoms with Gasteiger partial charge in [0.05, 0.1) is 10.0 Å². The highest BCUT2D eigenvalue weighted by Crippen LogP contribution is 2.35. The number of thiophene rings is 1. The van der Waals surface area contributed by atoms with Crippen molar-refractivity contribution in [3.8, 4) is 0 Å². The number of halogens is 3. The van der Waals surface area contributed by atoms with Crippen LogP contribution in [0.1, 0.15) is 0 Å². The van der Waals surface area contributed by atoms with E-state index in [2.05, 4.69) is 15.9 Å². The molecule has 0 spiro atoms. The van der Waals surface area contributed by atoms with Crippen LogP contribution in [0, 0.1) is 0 Å². The summed E-state index contributed by atoms with van der Waals surface area (Å²) in [6, 6.07) is 3.86. The molecule has 0 saturated heterocycles. The second kappa shape index (κ2) is 3.18. The molecule has 0 amide bonds. The summed E-state index contributed by atoms with van der Waals surface area (Å²) in [5, 5.41) is 4.47. The molecule has 2 aromatic rings. The molecule has 0 bridgehead atoms. The molecule has 12 heavy (non-hydrogen) atoms. The second-order valence-corrected chi connectivity index (χ2v) is 4.93. The molecule has 0 fully saturated rings. The Morgan fingerprint density at radius 1 is 1.17 bits per heavy atom. The van der Waals surface area contributed by atoms with Gasteiger partial charge in [-0.15, -0.1) is 11.3 Å². The van der Waals surface area contributed by atoms with Gasteiger partial charge in [0.25, 0.3) is 0 Å². The third-order valence-corrected chi connectivity index (χ3v) is 4.15. The van der Waals surface area contributed by atoms with Crippen LogP contribution in [0.3, 0.4) is 0 Å². The normalized spacial score (nSPS) is 10.9. The Hall–Kier alpha value is 0.240. The van der Waals surface area contributed by atoms with E-state index < -0.39 is 0 Å². The Kier molecular flexibility index (Phi) is 2.34. The van der Waals surface area contributed by atoms with Crippen LogP contribution in [0.4, 0.5) is 0 Å². The molecule has 0 saturated carbocycles. The second-order valence-electron chi connectivity index (χ2n) is 2.35. The fourth-order valence-electron chi connectivity index (χ4n) is 0.991. The van der Waals surface area contributed by atoms with Gasteiger partial charge in [-0.05, 0) is 28.1 Å². The lowest BCUT2D eigenvalue weighted by Crippen LogP contribution is -1.68. The third kappa shape index (κ3) is 1.37. The van der Waals surface area contributed by atoms with E-state index in [0.29, 0.717) is 0 Å². The van der Waals surface area contributed by atoms with E-state index in [9.17, 15) is 0 Å². The van der Waals surface area contributed by atoms with Crippen LogP contribution in [-0.2, 0) is 0 Å². The van der Waals surface area contributed by atoms with Crippen LogP contribution in [0.25, 0.3) is 10.1 Å². The summed E-state index contributed by atoms with van der Waals surface area (Å²) in [5.74, 6) is 0. The standard InChI is InChI=1S/C8H3BrCl2S/c9-5-1-4-7(11)3-12-8(4)2-6(5)10/h1-3H. The number of fused-ring (bicyclic) bond motifs is 1. The van der Waals surface area contributed by atoms with Crippen molar-refractivity contribution < 1.29 is 0 Å². The topological polar surface area (TPSA) is 0 Å². The van der Waals surface area contributed by atoms with Crippen LogP contribution in [0.5, 0.6) is 0 Å². The molecular formula is C8H3BrCl2S. The van der Waals surface area contributed by atoms with Gasteiger partial charge < -0.3 is 0 Å². The maximum atomic E-state index is 5.94. The summed E-state index contributed by atoms with van der Waals surface area (Å²) in [5.41, 5.74) is 0. The van der Waals surface area contributed by atoms with E-state index in [4.69, 9.17) is 23.2 Å². The minimum atomic E-state index is 0.723. The predicted molar refractivity (Wildman–Crippen MR) is 59.5 cm³/mol. The quantitative estimate of drug-likeness (QED) is 0.639. The fraction of sp³-hybridized carbons (Fsp3) is 0. The molecule has 1 aromatic carbocycles. The molecule has 62 valence electrons. The van der Waals surface area contributed by atoms with Crippen molar-refractivity contribution in [1.29, 1.82) is 0 Å². The van der Waals surface area contributed by atoms with E-state index in [1.807, 2.05) is 17.5 Å². The van der Waals surface area contributed by atoms with Crippen molar-refractivity contribution >= 4 is 60.6 Å². The van der Waals surface area contributed by atoms with Gasteiger partial charge in [0.2, 0.25) is 0 Å². The maximum absolute atomic E-state index is 5.94. The van der Waals surface area contributed by atoms with Crippen molar-refractivity contribution in [1.82, 2.24) is 0 Å².